The minimum absolute atomic E-state index is 0.142. The van der Waals surface area contributed by atoms with Crippen molar-refractivity contribution in [3.8, 4) is 0 Å². The van der Waals surface area contributed by atoms with Gasteiger partial charge in [-0.05, 0) is 31.6 Å². The molecule has 2 rings (SSSR count). The molecule has 2 fully saturated rings. The van der Waals surface area contributed by atoms with Gasteiger partial charge in [-0.2, -0.15) is 0 Å². The molecule has 0 aromatic heterocycles. The Hall–Kier alpha value is -0.570. The van der Waals surface area contributed by atoms with Crippen LogP contribution in [0.5, 0.6) is 0 Å². The number of carbonyl (C=O) groups is 1. The van der Waals surface area contributed by atoms with Crippen LogP contribution in [-0.2, 0) is 4.79 Å². The zero-order valence-electron chi connectivity index (χ0n) is 12.8. The van der Waals surface area contributed by atoms with E-state index in [1.54, 1.807) is 0 Å². The van der Waals surface area contributed by atoms with Gasteiger partial charge in [0.2, 0.25) is 5.91 Å². The Labute approximate surface area is 118 Å². The van der Waals surface area contributed by atoms with Gasteiger partial charge >= 0.3 is 0 Å². The van der Waals surface area contributed by atoms with Crippen molar-refractivity contribution >= 4 is 5.91 Å². The smallest absolute Gasteiger partial charge is 0.225 e. The maximum absolute atomic E-state index is 12.0. The van der Waals surface area contributed by atoms with Crippen LogP contribution in [0.3, 0.4) is 0 Å². The van der Waals surface area contributed by atoms with E-state index >= 15 is 0 Å². The highest BCUT2D eigenvalue weighted by atomic mass is 16.2. The summed E-state index contributed by atoms with van der Waals surface area (Å²) in [6, 6.07) is 1.37. The van der Waals surface area contributed by atoms with Crippen molar-refractivity contribution in [3.05, 3.63) is 0 Å². The molecule has 2 unspecified atom stereocenters. The van der Waals surface area contributed by atoms with E-state index in [9.17, 15) is 4.79 Å². The molecule has 0 aromatic carbocycles. The molecule has 0 spiro atoms. The number of hydrogen-bond acceptors (Lipinski definition) is 2. The highest BCUT2D eigenvalue weighted by Gasteiger charge is 2.30. The number of nitrogens with one attached hydrogen (secondary N) is 1. The van der Waals surface area contributed by atoms with Crippen molar-refractivity contribution in [1.82, 2.24) is 10.2 Å². The number of amides is 1. The fourth-order valence-electron chi connectivity index (χ4n) is 3.68. The van der Waals surface area contributed by atoms with Gasteiger partial charge in [-0.15, -0.1) is 0 Å². The third kappa shape index (κ3) is 3.71. The van der Waals surface area contributed by atoms with Crippen LogP contribution < -0.4 is 5.32 Å². The fourth-order valence-corrected chi connectivity index (χ4v) is 3.68. The molecule has 1 N–H and O–H groups in total. The van der Waals surface area contributed by atoms with Gasteiger partial charge in [-0.3, -0.25) is 4.79 Å². The minimum atomic E-state index is 0.142. The molecule has 1 amide bonds. The van der Waals surface area contributed by atoms with Crippen molar-refractivity contribution in [2.45, 2.75) is 71.4 Å². The van der Waals surface area contributed by atoms with Gasteiger partial charge in [0.05, 0.1) is 0 Å². The van der Waals surface area contributed by atoms with Crippen LogP contribution in [0.25, 0.3) is 0 Å². The Morgan fingerprint density at radius 3 is 2.47 bits per heavy atom. The lowest BCUT2D eigenvalue weighted by atomic mass is 9.97. The van der Waals surface area contributed by atoms with Crippen molar-refractivity contribution in [2.24, 2.45) is 11.8 Å². The molecular weight excluding hydrogens is 236 g/mol. The summed E-state index contributed by atoms with van der Waals surface area (Å²) in [6.07, 6.45) is 7.71. The molecular formula is C16H30N2O. The number of piperidine rings is 1. The molecule has 19 heavy (non-hydrogen) atoms. The molecule has 0 aromatic rings. The van der Waals surface area contributed by atoms with E-state index in [0.717, 1.165) is 37.9 Å². The first-order valence-corrected chi connectivity index (χ1v) is 8.16. The molecule has 1 saturated carbocycles. The standard InChI is InChI=1S/C16H30N2O/c1-4-13-6-5-7-15(13)17-14-8-10-18(11-9-14)16(19)12(2)3/h12-15,17H,4-11H2,1-3H3. The summed E-state index contributed by atoms with van der Waals surface area (Å²) >= 11 is 0. The zero-order chi connectivity index (χ0) is 13.8. The molecule has 0 radical (unpaired) electrons. The Bertz CT molecular complexity index is 295. The van der Waals surface area contributed by atoms with Crippen molar-refractivity contribution in [3.63, 3.8) is 0 Å². The molecule has 1 aliphatic carbocycles. The van der Waals surface area contributed by atoms with E-state index < -0.39 is 0 Å². The molecule has 1 aliphatic heterocycles. The van der Waals surface area contributed by atoms with E-state index in [4.69, 9.17) is 0 Å². The van der Waals surface area contributed by atoms with Gasteiger partial charge in [0.25, 0.3) is 0 Å². The van der Waals surface area contributed by atoms with Crippen molar-refractivity contribution in [2.75, 3.05) is 13.1 Å². The first-order valence-electron chi connectivity index (χ1n) is 8.16. The second kappa shape index (κ2) is 6.74. The molecule has 3 nitrogen and oxygen atoms in total. The average Bonchev–Trinajstić information content (AvgIpc) is 2.86. The van der Waals surface area contributed by atoms with E-state index in [1.807, 2.05) is 13.8 Å². The summed E-state index contributed by atoms with van der Waals surface area (Å²) in [5, 5.41) is 3.87. The summed E-state index contributed by atoms with van der Waals surface area (Å²) in [7, 11) is 0. The van der Waals surface area contributed by atoms with Crippen LogP contribution in [0, 0.1) is 11.8 Å². The Balaban J connectivity index is 1.76. The fraction of sp³-hybridized carbons (Fsp3) is 0.938. The average molecular weight is 266 g/mol. The SMILES string of the molecule is CCC1CCCC1NC1CCN(C(=O)C(C)C)CC1. The molecule has 2 aliphatic rings. The van der Waals surface area contributed by atoms with Crippen LogP contribution in [0.4, 0.5) is 0 Å². The quantitative estimate of drug-likeness (QED) is 0.848. The maximum atomic E-state index is 12.0. The second-order valence-electron chi connectivity index (χ2n) is 6.63. The van der Waals surface area contributed by atoms with Crippen LogP contribution in [-0.4, -0.2) is 36.0 Å². The van der Waals surface area contributed by atoms with Crippen LogP contribution in [0.2, 0.25) is 0 Å². The lowest BCUT2D eigenvalue weighted by Crippen LogP contribution is -2.49. The van der Waals surface area contributed by atoms with Gasteiger partial charge in [-0.25, -0.2) is 0 Å². The van der Waals surface area contributed by atoms with E-state index in [0.29, 0.717) is 11.9 Å². The van der Waals surface area contributed by atoms with Gasteiger partial charge in [0.15, 0.2) is 0 Å². The number of rotatable bonds is 4. The highest BCUT2D eigenvalue weighted by Crippen LogP contribution is 2.29. The normalized spacial score (nSPS) is 29.2. The predicted octanol–water partition coefficient (Wildman–Crippen LogP) is 2.80. The minimum Gasteiger partial charge on any atom is -0.342 e. The monoisotopic (exact) mass is 266 g/mol. The zero-order valence-corrected chi connectivity index (χ0v) is 12.8. The third-order valence-electron chi connectivity index (χ3n) is 4.93. The molecule has 110 valence electrons. The van der Waals surface area contributed by atoms with Gasteiger partial charge in [0, 0.05) is 31.1 Å². The Morgan fingerprint density at radius 2 is 1.89 bits per heavy atom. The largest absolute Gasteiger partial charge is 0.342 e. The van der Waals surface area contributed by atoms with Crippen LogP contribution in [0.1, 0.15) is 59.3 Å². The summed E-state index contributed by atoms with van der Waals surface area (Å²) in [5.74, 6) is 1.35. The molecule has 1 heterocycles. The van der Waals surface area contributed by atoms with E-state index in [1.165, 1.54) is 25.7 Å². The second-order valence-corrected chi connectivity index (χ2v) is 6.63. The first-order chi connectivity index (χ1) is 9.11. The summed E-state index contributed by atoms with van der Waals surface area (Å²) < 4.78 is 0. The number of likely N-dealkylation sites (tertiary alicyclic amines) is 1. The third-order valence-corrected chi connectivity index (χ3v) is 4.93. The maximum Gasteiger partial charge on any atom is 0.225 e. The van der Waals surface area contributed by atoms with Crippen LogP contribution >= 0.6 is 0 Å². The first kappa shape index (κ1) is 14.8. The highest BCUT2D eigenvalue weighted by molar-refractivity contribution is 5.78. The lowest BCUT2D eigenvalue weighted by Gasteiger charge is -2.35. The van der Waals surface area contributed by atoms with Crippen molar-refractivity contribution < 1.29 is 4.79 Å². The van der Waals surface area contributed by atoms with Gasteiger partial charge in [-0.1, -0.05) is 33.6 Å². The molecule has 0 bridgehead atoms. The lowest BCUT2D eigenvalue weighted by molar-refractivity contribution is -0.135. The molecule has 1 saturated heterocycles. The summed E-state index contributed by atoms with van der Waals surface area (Å²) in [6.45, 7) is 8.19. The Morgan fingerprint density at radius 1 is 1.21 bits per heavy atom. The van der Waals surface area contributed by atoms with Gasteiger partial charge < -0.3 is 10.2 Å². The van der Waals surface area contributed by atoms with E-state index in [2.05, 4.69) is 17.1 Å². The molecule has 3 heteroatoms. The summed E-state index contributed by atoms with van der Waals surface area (Å²) in [5.41, 5.74) is 0. The number of nitrogens with zero attached hydrogens (tertiary/aromatic N) is 1. The molecule has 2 atom stereocenters. The van der Waals surface area contributed by atoms with E-state index in [-0.39, 0.29) is 5.92 Å². The Kier molecular flexibility index (Phi) is 5.26. The van der Waals surface area contributed by atoms with Crippen molar-refractivity contribution in [1.29, 1.82) is 0 Å². The topological polar surface area (TPSA) is 32.3 Å². The van der Waals surface area contributed by atoms with Crippen LogP contribution in [0.15, 0.2) is 0 Å². The number of carbonyl (C=O) groups excluding carboxylic acids is 1. The summed E-state index contributed by atoms with van der Waals surface area (Å²) in [4.78, 5) is 14.0. The van der Waals surface area contributed by atoms with Gasteiger partial charge in [0.1, 0.15) is 0 Å². The number of hydrogen-bond donors (Lipinski definition) is 1. The predicted molar refractivity (Wildman–Crippen MR) is 79.0 cm³/mol.